The molecule has 9 nitrogen and oxygen atoms in total. The van der Waals surface area contributed by atoms with Crippen molar-refractivity contribution in [3.8, 4) is 22.9 Å². The molecule has 0 aliphatic carbocycles. The molecule has 194 valence electrons. The fourth-order valence-electron chi connectivity index (χ4n) is 4.68. The Kier molecular flexibility index (Phi) is 6.74. The normalized spacial score (nSPS) is 11.1. The van der Waals surface area contributed by atoms with Gasteiger partial charge in [0, 0.05) is 29.9 Å². The summed E-state index contributed by atoms with van der Waals surface area (Å²) in [6.07, 6.45) is 0.572. The number of rotatable bonds is 8. The van der Waals surface area contributed by atoms with E-state index < -0.39 is 0 Å². The van der Waals surface area contributed by atoms with E-state index in [4.69, 9.17) is 14.2 Å². The molecule has 3 aromatic carbocycles. The number of ether oxygens (including phenoxy) is 3. The van der Waals surface area contributed by atoms with Crippen LogP contribution >= 0.6 is 0 Å². The second-order valence-corrected chi connectivity index (χ2v) is 8.76. The summed E-state index contributed by atoms with van der Waals surface area (Å²) < 4.78 is 19.0. The highest BCUT2D eigenvalue weighted by Gasteiger charge is 2.23. The molecule has 0 bridgehead atoms. The van der Waals surface area contributed by atoms with Crippen LogP contribution < -0.4 is 25.1 Å². The topological polar surface area (TPSA) is 96.6 Å². The molecule has 9 heteroatoms. The molecular weight excluding hydrogens is 484 g/mol. The standard InChI is InChI=1S/C29H28N4O5/c1-32-22-8-6-5-7-21(22)25-26(28(34)30-16-15-18-9-14-23(37-3)24(17-18)38-4)31-33(29(35)27(25)32)19-10-12-20(36-2)13-11-19/h5-14,17H,15-16H2,1-4H3,(H,30,34). The molecule has 0 atom stereocenters. The molecule has 0 unspecified atom stereocenters. The van der Waals surface area contributed by atoms with Gasteiger partial charge in [-0.15, -0.1) is 0 Å². The summed E-state index contributed by atoms with van der Waals surface area (Å²) in [5.41, 5.74) is 2.62. The van der Waals surface area contributed by atoms with Crippen LogP contribution in [0, 0.1) is 0 Å². The van der Waals surface area contributed by atoms with Crippen molar-refractivity contribution < 1.29 is 19.0 Å². The van der Waals surface area contributed by atoms with Gasteiger partial charge in [0.05, 0.1) is 27.0 Å². The van der Waals surface area contributed by atoms with Crippen LogP contribution in [0.1, 0.15) is 16.1 Å². The largest absolute Gasteiger partial charge is 0.497 e. The van der Waals surface area contributed by atoms with Gasteiger partial charge in [0.15, 0.2) is 17.2 Å². The number of aryl methyl sites for hydroxylation is 1. The van der Waals surface area contributed by atoms with Crippen molar-refractivity contribution in [2.75, 3.05) is 27.9 Å². The highest BCUT2D eigenvalue weighted by atomic mass is 16.5. The molecule has 38 heavy (non-hydrogen) atoms. The van der Waals surface area contributed by atoms with E-state index in [0.717, 1.165) is 16.5 Å². The van der Waals surface area contributed by atoms with Crippen LogP contribution in [0.5, 0.6) is 17.2 Å². The first kappa shape index (κ1) is 24.9. The second-order valence-electron chi connectivity index (χ2n) is 8.76. The number of nitrogens with one attached hydrogen (secondary N) is 1. The van der Waals surface area contributed by atoms with E-state index in [1.807, 2.05) is 54.1 Å². The summed E-state index contributed by atoms with van der Waals surface area (Å²) >= 11 is 0. The maximum absolute atomic E-state index is 13.7. The average Bonchev–Trinajstić information content (AvgIpc) is 3.26. The number of fused-ring (bicyclic) bond motifs is 3. The Morgan fingerprint density at radius 1 is 0.921 bits per heavy atom. The van der Waals surface area contributed by atoms with Crippen molar-refractivity contribution in [3.63, 3.8) is 0 Å². The van der Waals surface area contributed by atoms with Crippen molar-refractivity contribution >= 4 is 27.7 Å². The number of benzene rings is 3. The number of nitrogens with zero attached hydrogens (tertiary/aromatic N) is 3. The molecule has 2 aromatic heterocycles. The van der Waals surface area contributed by atoms with Gasteiger partial charge in [0.25, 0.3) is 11.5 Å². The first-order valence-electron chi connectivity index (χ1n) is 12.1. The molecule has 0 saturated heterocycles. The average molecular weight is 513 g/mol. The SMILES string of the molecule is COc1ccc(-n2nc(C(=O)NCCc3ccc(OC)c(OC)c3)c3c4ccccc4n(C)c3c2=O)cc1. The minimum absolute atomic E-state index is 0.180. The summed E-state index contributed by atoms with van der Waals surface area (Å²) in [6.45, 7) is 0.365. The summed E-state index contributed by atoms with van der Waals surface area (Å²) in [5, 5.41) is 8.87. The quantitative estimate of drug-likeness (QED) is 0.339. The summed E-state index contributed by atoms with van der Waals surface area (Å²) in [7, 11) is 6.57. The minimum atomic E-state index is -0.367. The van der Waals surface area contributed by atoms with Crippen molar-refractivity contribution in [3.05, 3.63) is 88.3 Å². The van der Waals surface area contributed by atoms with Crippen LogP contribution in [-0.2, 0) is 13.5 Å². The fraction of sp³-hybridized carbons (Fsp3) is 0.207. The summed E-state index contributed by atoms with van der Waals surface area (Å²) in [4.78, 5) is 27.2. The van der Waals surface area contributed by atoms with Crippen molar-refractivity contribution in [1.82, 2.24) is 19.7 Å². The maximum Gasteiger partial charge on any atom is 0.296 e. The third-order valence-electron chi connectivity index (χ3n) is 6.62. The Morgan fingerprint density at radius 2 is 1.66 bits per heavy atom. The minimum Gasteiger partial charge on any atom is -0.497 e. The summed E-state index contributed by atoms with van der Waals surface area (Å²) in [6, 6.07) is 20.2. The van der Waals surface area contributed by atoms with Gasteiger partial charge in [-0.2, -0.15) is 9.78 Å². The van der Waals surface area contributed by atoms with E-state index >= 15 is 0 Å². The Balaban J connectivity index is 1.55. The van der Waals surface area contributed by atoms with Crippen LogP contribution in [0.4, 0.5) is 0 Å². The Hall–Kier alpha value is -4.79. The first-order valence-corrected chi connectivity index (χ1v) is 12.1. The van der Waals surface area contributed by atoms with E-state index in [-0.39, 0.29) is 17.2 Å². The number of carbonyl (C=O) groups is 1. The van der Waals surface area contributed by atoms with Crippen LogP contribution in [0.25, 0.3) is 27.5 Å². The van der Waals surface area contributed by atoms with Crippen LogP contribution in [-0.4, -0.2) is 48.1 Å². The van der Waals surface area contributed by atoms with E-state index in [1.165, 1.54) is 4.68 Å². The fourth-order valence-corrected chi connectivity index (χ4v) is 4.68. The van der Waals surface area contributed by atoms with Gasteiger partial charge in [-0.05, 0) is 54.4 Å². The number of aromatic nitrogens is 3. The highest BCUT2D eigenvalue weighted by molar-refractivity contribution is 6.16. The Bertz CT molecular complexity index is 1700. The van der Waals surface area contributed by atoms with E-state index in [2.05, 4.69) is 10.4 Å². The van der Waals surface area contributed by atoms with Crippen molar-refractivity contribution in [2.24, 2.45) is 7.05 Å². The zero-order valence-electron chi connectivity index (χ0n) is 21.6. The molecule has 1 amide bonds. The van der Waals surface area contributed by atoms with Crippen LogP contribution in [0.3, 0.4) is 0 Å². The second kappa shape index (κ2) is 10.3. The number of hydrogen-bond acceptors (Lipinski definition) is 6. The number of carbonyl (C=O) groups excluding carboxylic acids is 1. The van der Waals surface area contributed by atoms with Gasteiger partial charge in [-0.1, -0.05) is 24.3 Å². The van der Waals surface area contributed by atoms with Gasteiger partial charge in [-0.3, -0.25) is 9.59 Å². The van der Waals surface area contributed by atoms with Crippen molar-refractivity contribution in [1.29, 1.82) is 0 Å². The lowest BCUT2D eigenvalue weighted by Crippen LogP contribution is -2.31. The Labute approximate surface area is 219 Å². The lowest BCUT2D eigenvalue weighted by atomic mass is 10.1. The number of amides is 1. The predicted molar refractivity (Wildman–Crippen MR) is 146 cm³/mol. The van der Waals surface area contributed by atoms with Gasteiger partial charge >= 0.3 is 0 Å². The molecule has 0 aliphatic rings. The molecule has 0 radical (unpaired) electrons. The van der Waals surface area contributed by atoms with Crippen molar-refractivity contribution in [2.45, 2.75) is 6.42 Å². The van der Waals surface area contributed by atoms with Crippen LogP contribution in [0.2, 0.25) is 0 Å². The first-order chi connectivity index (χ1) is 18.5. The Morgan fingerprint density at radius 3 is 2.37 bits per heavy atom. The molecule has 5 aromatic rings. The molecular formula is C29H28N4O5. The molecule has 1 N–H and O–H groups in total. The van der Waals surface area contributed by atoms with Crippen LogP contribution in [0.15, 0.2) is 71.5 Å². The highest BCUT2D eigenvalue weighted by Crippen LogP contribution is 2.29. The van der Waals surface area contributed by atoms with E-state index in [1.54, 1.807) is 45.6 Å². The molecule has 5 rings (SSSR count). The number of hydrogen-bond donors (Lipinski definition) is 1. The smallest absolute Gasteiger partial charge is 0.296 e. The monoisotopic (exact) mass is 512 g/mol. The molecule has 0 aliphatic heterocycles. The maximum atomic E-state index is 13.7. The van der Waals surface area contributed by atoms with E-state index in [0.29, 0.717) is 46.8 Å². The third kappa shape index (κ3) is 4.32. The predicted octanol–water partition coefficient (Wildman–Crippen LogP) is 3.88. The van der Waals surface area contributed by atoms with Gasteiger partial charge in [-0.25, -0.2) is 0 Å². The van der Waals surface area contributed by atoms with Gasteiger partial charge < -0.3 is 24.1 Å². The zero-order chi connectivity index (χ0) is 26.8. The third-order valence-corrected chi connectivity index (χ3v) is 6.62. The lowest BCUT2D eigenvalue weighted by molar-refractivity contribution is 0.0949. The summed E-state index contributed by atoms with van der Waals surface area (Å²) in [5.74, 6) is 1.56. The van der Waals surface area contributed by atoms with Gasteiger partial charge in [0.2, 0.25) is 0 Å². The lowest BCUT2D eigenvalue weighted by Gasteiger charge is -2.12. The molecule has 0 saturated carbocycles. The van der Waals surface area contributed by atoms with Gasteiger partial charge in [0.1, 0.15) is 11.3 Å². The molecule has 2 heterocycles. The van der Waals surface area contributed by atoms with E-state index in [9.17, 15) is 9.59 Å². The number of methoxy groups -OCH3 is 3. The molecule has 0 fully saturated rings. The zero-order valence-corrected chi connectivity index (χ0v) is 21.6. The number of para-hydroxylation sites is 1. The molecule has 0 spiro atoms.